The standard InChI is InChI=1S/C28H20N2O2/c31-27-23-17-9-7-15-21(23)25(29(27)19-11-3-1-4-12-19)26-22-16-8-10-18-24(22)28(32)30(26)20-13-5-2-6-14-20/h1-18,25-26H. The van der Waals surface area contributed by atoms with Gasteiger partial charge in [-0.2, -0.15) is 0 Å². The molecule has 6 rings (SSSR count). The third-order valence-corrected chi connectivity index (χ3v) is 6.38. The Morgan fingerprint density at radius 2 is 0.781 bits per heavy atom. The van der Waals surface area contributed by atoms with Crippen molar-refractivity contribution in [3.63, 3.8) is 0 Å². The van der Waals surface area contributed by atoms with Crippen LogP contribution < -0.4 is 9.80 Å². The Hall–Kier alpha value is -4.18. The van der Waals surface area contributed by atoms with Gasteiger partial charge in [0.15, 0.2) is 0 Å². The van der Waals surface area contributed by atoms with E-state index in [0.29, 0.717) is 11.1 Å². The Kier molecular flexibility index (Phi) is 4.18. The molecular formula is C28H20N2O2. The highest BCUT2D eigenvalue weighted by Gasteiger charge is 2.50. The zero-order chi connectivity index (χ0) is 21.7. The third kappa shape index (κ3) is 2.63. The maximum atomic E-state index is 13.6. The second kappa shape index (κ2) is 7.20. The molecule has 2 atom stereocenters. The molecule has 0 spiro atoms. The quantitative estimate of drug-likeness (QED) is 0.424. The number of para-hydroxylation sites is 2. The van der Waals surface area contributed by atoms with Gasteiger partial charge in [0.25, 0.3) is 11.8 Å². The zero-order valence-corrected chi connectivity index (χ0v) is 17.3. The molecule has 2 amide bonds. The molecule has 0 radical (unpaired) electrons. The van der Waals surface area contributed by atoms with E-state index in [0.717, 1.165) is 22.5 Å². The topological polar surface area (TPSA) is 40.6 Å². The molecule has 2 unspecified atom stereocenters. The van der Waals surface area contributed by atoms with Gasteiger partial charge in [0.05, 0.1) is 12.1 Å². The van der Waals surface area contributed by atoms with Gasteiger partial charge in [0.2, 0.25) is 0 Å². The van der Waals surface area contributed by atoms with E-state index in [-0.39, 0.29) is 23.9 Å². The van der Waals surface area contributed by atoms with Gasteiger partial charge in [-0.1, -0.05) is 72.8 Å². The van der Waals surface area contributed by atoms with Crippen molar-refractivity contribution in [1.82, 2.24) is 0 Å². The molecule has 4 aromatic rings. The average Bonchev–Trinajstić information content (AvgIpc) is 3.31. The number of hydrogen-bond acceptors (Lipinski definition) is 2. The number of anilines is 2. The van der Waals surface area contributed by atoms with E-state index >= 15 is 0 Å². The second-order valence-electron chi connectivity index (χ2n) is 8.09. The lowest BCUT2D eigenvalue weighted by molar-refractivity contribution is 0.0966. The number of amides is 2. The van der Waals surface area contributed by atoms with E-state index < -0.39 is 0 Å². The summed E-state index contributed by atoms with van der Waals surface area (Å²) in [7, 11) is 0. The van der Waals surface area contributed by atoms with Crippen LogP contribution in [0.3, 0.4) is 0 Å². The molecule has 0 fully saturated rings. The minimum absolute atomic E-state index is 0.0401. The lowest BCUT2D eigenvalue weighted by atomic mass is 9.92. The first kappa shape index (κ1) is 18.6. The van der Waals surface area contributed by atoms with Crippen molar-refractivity contribution < 1.29 is 9.59 Å². The molecule has 0 bridgehead atoms. The summed E-state index contributed by atoms with van der Waals surface area (Å²) in [6, 6.07) is 34.2. The van der Waals surface area contributed by atoms with E-state index in [9.17, 15) is 9.59 Å². The predicted molar refractivity (Wildman–Crippen MR) is 125 cm³/mol. The SMILES string of the molecule is O=C1c2ccccc2C(C2c3ccccc3C(=O)N2c2ccccc2)N1c1ccccc1. The molecule has 0 saturated heterocycles. The Morgan fingerprint density at radius 1 is 0.438 bits per heavy atom. The van der Waals surface area contributed by atoms with Gasteiger partial charge in [-0.05, 0) is 47.5 Å². The Labute approximate surface area is 186 Å². The summed E-state index contributed by atoms with van der Waals surface area (Å²) in [6.07, 6.45) is 0. The summed E-state index contributed by atoms with van der Waals surface area (Å²) in [4.78, 5) is 30.9. The summed E-state index contributed by atoms with van der Waals surface area (Å²) in [6.45, 7) is 0. The minimum atomic E-state index is -0.339. The fourth-order valence-electron chi connectivity index (χ4n) is 5.05. The highest BCUT2D eigenvalue weighted by atomic mass is 16.2. The van der Waals surface area contributed by atoms with Crippen LogP contribution >= 0.6 is 0 Å². The molecule has 4 aromatic carbocycles. The van der Waals surface area contributed by atoms with Crippen LogP contribution in [0.25, 0.3) is 0 Å². The maximum absolute atomic E-state index is 13.6. The highest BCUT2D eigenvalue weighted by Crippen LogP contribution is 2.51. The molecule has 0 N–H and O–H groups in total. The number of hydrogen-bond donors (Lipinski definition) is 0. The van der Waals surface area contributed by atoms with Gasteiger partial charge >= 0.3 is 0 Å². The summed E-state index contributed by atoms with van der Waals surface area (Å²) >= 11 is 0. The van der Waals surface area contributed by atoms with Crippen molar-refractivity contribution in [1.29, 1.82) is 0 Å². The first-order chi connectivity index (χ1) is 15.8. The average molecular weight is 416 g/mol. The van der Waals surface area contributed by atoms with Crippen molar-refractivity contribution >= 4 is 23.2 Å². The van der Waals surface area contributed by atoms with Crippen LogP contribution in [0.4, 0.5) is 11.4 Å². The monoisotopic (exact) mass is 416 g/mol. The minimum Gasteiger partial charge on any atom is -0.298 e. The van der Waals surface area contributed by atoms with Crippen molar-refractivity contribution in [2.24, 2.45) is 0 Å². The molecule has 4 heteroatoms. The molecule has 4 nitrogen and oxygen atoms in total. The van der Waals surface area contributed by atoms with Crippen molar-refractivity contribution in [3.05, 3.63) is 131 Å². The van der Waals surface area contributed by atoms with Gasteiger partial charge in [0.1, 0.15) is 0 Å². The molecule has 2 aliphatic rings. The van der Waals surface area contributed by atoms with Crippen LogP contribution in [-0.4, -0.2) is 11.8 Å². The van der Waals surface area contributed by atoms with Gasteiger partial charge < -0.3 is 0 Å². The molecule has 2 heterocycles. The van der Waals surface area contributed by atoms with Crippen LogP contribution in [0.5, 0.6) is 0 Å². The van der Waals surface area contributed by atoms with E-state index in [4.69, 9.17) is 0 Å². The molecule has 32 heavy (non-hydrogen) atoms. The van der Waals surface area contributed by atoms with Crippen LogP contribution in [0.1, 0.15) is 43.9 Å². The number of fused-ring (bicyclic) bond motifs is 2. The fourth-order valence-corrected chi connectivity index (χ4v) is 5.05. The summed E-state index contributed by atoms with van der Waals surface area (Å²) in [5, 5.41) is 0. The molecule has 0 saturated carbocycles. The number of benzene rings is 4. The van der Waals surface area contributed by atoms with Gasteiger partial charge in [-0.25, -0.2) is 0 Å². The highest BCUT2D eigenvalue weighted by molar-refractivity contribution is 6.14. The normalized spacial score (nSPS) is 19.2. The van der Waals surface area contributed by atoms with E-state index in [1.807, 2.05) is 119 Å². The molecule has 0 aliphatic carbocycles. The Morgan fingerprint density at radius 3 is 1.19 bits per heavy atom. The fraction of sp³-hybridized carbons (Fsp3) is 0.0714. The van der Waals surface area contributed by atoms with Crippen molar-refractivity contribution in [2.45, 2.75) is 12.1 Å². The molecule has 2 aliphatic heterocycles. The molecular weight excluding hydrogens is 396 g/mol. The second-order valence-corrected chi connectivity index (χ2v) is 8.09. The van der Waals surface area contributed by atoms with Crippen LogP contribution in [0, 0.1) is 0 Å². The van der Waals surface area contributed by atoms with Crippen LogP contribution in [0.15, 0.2) is 109 Å². The molecule has 154 valence electrons. The van der Waals surface area contributed by atoms with Crippen LogP contribution in [-0.2, 0) is 0 Å². The Bertz CT molecular complexity index is 1230. The predicted octanol–water partition coefficient (Wildman–Crippen LogP) is 5.79. The number of carbonyl (C=O) groups excluding carboxylic acids is 2. The van der Waals surface area contributed by atoms with E-state index in [2.05, 4.69) is 0 Å². The maximum Gasteiger partial charge on any atom is 0.259 e. The number of carbonyl (C=O) groups is 2. The summed E-state index contributed by atoms with van der Waals surface area (Å²) in [5.74, 6) is -0.0803. The van der Waals surface area contributed by atoms with Crippen LogP contribution in [0.2, 0.25) is 0 Å². The smallest absolute Gasteiger partial charge is 0.259 e. The third-order valence-electron chi connectivity index (χ3n) is 6.38. The van der Waals surface area contributed by atoms with E-state index in [1.165, 1.54) is 0 Å². The first-order valence-electron chi connectivity index (χ1n) is 10.7. The van der Waals surface area contributed by atoms with Gasteiger partial charge in [-0.15, -0.1) is 0 Å². The lowest BCUT2D eigenvalue weighted by Crippen LogP contribution is -2.38. The van der Waals surface area contributed by atoms with E-state index in [1.54, 1.807) is 0 Å². The van der Waals surface area contributed by atoms with Gasteiger partial charge in [-0.3, -0.25) is 19.4 Å². The van der Waals surface area contributed by atoms with Crippen molar-refractivity contribution in [3.8, 4) is 0 Å². The number of nitrogens with zero attached hydrogens (tertiary/aromatic N) is 2. The number of rotatable bonds is 3. The summed E-state index contributed by atoms with van der Waals surface area (Å²) < 4.78 is 0. The van der Waals surface area contributed by atoms with Gasteiger partial charge in [0, 0.05) is 22.5 Å². The first-order valence-corrected chi connectivity index (χ1v) is 10.7. The summed E-state index contributed by atoms with van der Waals surface area (Å²) in [5.41, 5.74) is 4.90. The largest absolute Gasteiger partial charge is 0.298 e. The lowest BCUT2D eigenvalue weighted by Gasteiger charge is -2.36. The van der Waals surface area contributed by atoms with Crippen molar-refractivity contribution in [2.75, 3.05) is 9.80 Å². The Balaban J connectivity index is 1.61. The molecule has 0 aromatic heterocycles. The zero-order valence-electron chi connectivity index (χ0n) is 17.3.